The van der Waals surface area contributed by atoms with Gasteiger partial charge in [-0.1, -0.05) is 36.0 Å². The van der Waals surface area contributed by atoms with E-state index in [2.05, 4.69) is 5.32 Å². The summed E-state index contributed by atoms with van der Waals surface area (Å²) in [5.41, 5.74) is 2.31. The molecule has 9 heteroatoms. The van der Waals surface area contributed by atoms with Crippen LogP contribution >= 0.6 is 11.8 Å². The van der Waals surface area contributed by atoms with Crippen LogP contribution in [0.1, 0.15) is 18.9 Å². The van der Waals surface area contributed by atoms with Crippen LogP contribution in [0.3, 0.4) is 0 Å². The van der Waals surface area contributed by atoms with Gasteiger partial charge >= 0.3 is 0 Å². The van der Waals surface area contributed by atoms with Crippen molar-refractivity contribution in [2.75, 3.05) is 23.6 Å². The average Bonchev–Trinajstić information content (AvgIpc) is 3.47. The van der Waals surface area contributed by atoms with Gasteiger partial charge < -0.3 is 19.5 Å². The summed E-state index contributed by atoms with van der Waals surface area (Å²) in [4.78, 5) is 31.9. The molecule has 184 valence electrons. The SMILES string of the molecule is CCOc1ccc(NC(=NCc2ccc3c(c2)OCO3)S[C@H]2CC(=O)N(c3ccccc3)C2=O)cc1. The van der Waals surface area contributed by atoms with Gasteiger partial charge in [0.1, 0.15) is 11.0 Å². The topological polar surface area (TPSA) is 89.5 Å². The molecule has 1 fully saturated rings. The Morgan fingerprint density at radius 1 is 1.06 bits per heavy atom. The van der Waals surface area contributed by atoms with Gasteiger partial charge in [0.2, 0.25) is 18.6 Å². The minimum Gasteiger partial charge on any atom is -0.494 e. The highest BCUT2D eigenvalue weighted by Gasteiger charge is 2.40. The van der Waals surface area contributed by atoms with E-state index >= 15 is 0 Å². The van der Waals surface area contributed by atoms with Crippen LogP contribution in [-0.2, 0) is 16.1 Å². The summed E-state index contributed by atoms with van der Waals surface area (Å²) >= 11 is 1.26. The van der Waals surface area contributed by atoms with E-state index in [1.165, 1.54) is 16.7 Å². The van der Waals surface area contributed by atoms with E-state index in [-0.39, 0.29) is 25.0 Å². The van der Waals surface area contributed by atoms with Crippen molar-refractivity contribution in [1.29, 1.82) is 0 Å². The van der Waals surface area contributed by atoms with E-state index in [4.69, 9.17) is 19.2 Å². The molecule has 0 aromatic heterocycles. The van der Waals surface area contributed by atoms with Crippen molar-refractivity contribution in [3.8, 4) is 17.2 Å². The smallest absolute Gasteiger partial charge is 0.247 e. The fraction of sp³-hybridized carbons (Fsp3) is 0.222. The van der Waals surface area contributed by atoms with Crippen LogP contribution < -0.4 is 24.4 Å². The predicted octanol–water partition coefficient (Wildman–Crippen LogP) is 4.85. The Morgan fingerprint density at radius 2 is 1.83 bits per heavy atom. The molecule has 3 aromatic carbocycles. The number of carbonyl (C=O) groups is 2. The van der Waals surface area contributed by atoms with Crippen molar-refractivity contribution in [2.24, 2.45) is 4.99 Å². The molecule has 0 saturated carbocycles. The van der Waals surface area contributed by atoms with Crippen molar-refractivity contribution < 1.29 is 23.8 Å². The Bertz CT molecular complexity index is 1280. The zero-order valence-electron chi connectivity index (χ0n) is 19.7. The molecule has 2 aliphatic heterocycles. The predicted molar refractivity (Wildman–Crippen MR) is 140 cm³/mol. The summed E-state index contributed by atoms with van der Waals surface area (Å²) in [5, 5.41) is 3.27. The van der Waals surface area contributed by atoms with Crippen LogP contribution in [0.4, 0.5) is 11.4 Å². The Balaban J connectivity index is 1.36. The van der Waals surface area contributed by atoms with Crippen LogP contribution in [0, 0.1) is 0 Å². The first-order valence-electron chi connectivity index (χ1n) is 11.6. The molecular weight excluding hydrogens is 478 g/mol. The van der Waals surface area contributed by atoms with Gasteiger partial charge in [0.25, 0.3) is 0 Å². The van der Waals surface area contributed by atoms with Crippen molar-refractivity contribution in [3.63, 3.8) is 0 Å². The number of amides is 2. The normalized spacial score (nSPS) is 17.0. The fourth-order valence-corrected chi connectivity index (χ4v) is 4.93. The highest BCUT2D eigenvalue weighted by molar-refractivity contribution is 8.15. The maximum Gasteiger partial charge on any atom is 0.247 e. The van der Waals surface area contributed by atoms with Gasteiger partial charge in [-0.05, 0) is 61.0 Å². The van der Waals surface area contributed by atoms with E-state index in [1.54, 1.807) is 12.1 Å². The number of imide groups is 1. The van der Waals surface area contributed by atoms with Crippen LogP contribution in [0.2, 0.25) is 0 Å². The van der Waals surface area contributed by atoms with E-state index in [0.717, 1.165) is 17.0 Å². The lowest BCUT2D eigenvalue weighted by molar-refractivity contribution is -0.121. The molecule has 0 unspecified atom stereocenters. The van der Waals surface area contributed by atoms with Crippen LogP contribution in [-0.4, -0.2) is 35.6 Å². The largest absolute Gasteiger partial charge is 0.494 e. The summed E-state index contributed by atoms with van der Waals surface area (Å²) in [6.07, 6.45) is 0.104. The zero-order valence-corrected chi connectivity index (χ0v) is 20.5. The Hall–Kier alpha value is -3.98. The number of hydrogen-bond donors (Lipinski definition) is 1. The number of anilines is 2. The second-order valence-corrected chi connectivity index (χ2v) is 9.30. The molecule has 36 heavy (non-hydrogen) atoms. The molecule has 0 bridgehead atoms. The number of nitrogens with zero attached hydrogens (tertiary/aromatic N) is 2. The second kappa shape index (κ2) is 10.7. The third-order valence-electron chi connectivity index (χ3n) is 5.63. The highest BCUT2D eigenvalue weighted by atomic mass is 32.2. The van der Waals surface area contributed by atoms with Crippen molar-refractivity contribution in [1.82, 2.24) is 0 Å². The molecule has 3 aromatic rings. The molecule has 1 saturated heterocycles. The number of benzene rings is 3. The van der Waals surface area contributed by atoms with Crippen molar-refractivity contribution in [2.45, 2.75) is 25.1 Å². The van der Waals surface area contributed by atoms with E-state index in [9.17, 15) is 9.59 Å². The number of fused-ring (bicyclic) bond motifs is 1. The lowest BCUT2D eigenvalue weighted by Gasteiger charge is -2.16. The lowest BCUT2D eigenvalue weighted by atomic mass is 10.2. The van der Waals surface area contributed by atoms with Gasteiger partial charge in [-0.3, -0.25) is 14.6 Å². The molecule has 0 aliphatic carbocycles. The number of para-hydroxylation sites is 1. The van der Waals surface area contributed by atoms with Gasteiger partial charge in [-0.15, -0.1) is 0 Å². The first kappa shape index (κ1) is 23.7. The lowest BCUT2D eigenvalue weighted by Crippen LogP contribution is -2.31. The van der Waals surface area contributed by atoms with E-state index in [1.807, 2.05) is 67.6 Å². The zero-order chi connectivity index (χ0) is 24.9. The molecule has 0 spiro atoms. The Kier molecular flexibility index (Phi) is 7.08. The Morgan fingerprint density at radius 3 is 2.61 bits per heavy atom. The minimum atomic E-state index is -0.580. The third kappa shape index (κ3) is 5.31. The number of amidine groups is 1. The monoisotopic (exact) mass is 503 g/mol. The molecule has 2 amide bonds. The summed E-state index contributed by atoms with van der Waals surface area (Å²) in [6.45, 7) is 3.08. The first-order valence-corrected chi connectivity index (χ1v) is 12.5. The number of hydrogen-bond acceptors (Lipinski definition) is 7. The van der Waals surface area contributed by atoms with Gasteiger partial charge in [0.15, 0.2) is 16.7 Å². The molecule has 1 atom stereocenters. The fourth-order valence-electron chi connectivity index (χ4n) is 3.91. The van der Waals surface area contributed by atoms with Crippen LogP contribution in [0.15, 0.2) is 77.8 Å². The summed E-state index contributed by atoms with van der Waals surface area (Å²) in [5.74, 6) is 1.69. The second-order valence-electron chi connectivity index (χ2n) is 8.10. The minimum absolute atomic E-state index is 0.104. The number of ether oxygens (including phenoxy) is 3. The number of nitrogens with one attached hydrogen (secondary N) is 1. The third-order valence-corrected chi connectivity index (χ3v) is 6.74. The molecule has 2 aliphatic rings. The van der Waals surface area contributed by atoms with Crippen LogP contribution in [0.5, 0.6) is 17.2 Å². The number of thioether (sulfide) groups is 1. The molecule has 2 heterocycles. The summed E-state index contributed by atoms with van der Waals surface area (Å²) in [7, 11) is 0. The maximum absolute atomic E-state index is 13.2. The van der Waals surface area contributed by atoms with Gasteiger partial charge in [0, 0.05) is 12.1 Å². The quantitative estimate of drug-likeness (QED) is 0.280. The van der Waals surface area contributed by atoms with E-state index < -0.39 is 5.25 Å². The van der Waals surface area contributed by atoms with E-state index in [0.29, 0.717) is 35.5 Å². The highest BCUT2D eigenvalue weighted by Crippen LogP contribution is 2.34. The Labute approximate surface area is 213 Å². The van der Waals surface area contributed by atoms with Crippen molar-refractivity contribution >= 4 is 40.1 Å². The van der Waals surface area contributed by atoms with Gasteiger partial charge in [0.05, 0.1) is 18.8 Å². The molecule has 0 radical (unpaired) electrons. The number of carbonyl (C=O) groups excluding carboxylic acids is 2. The van der Waals surface area contributed by atoms with Gasteiger partial charge in [-0.2, -0.15) is 0 Å². The maximum atomic E-state index is 13.2. The molecular formula is C27H25N3O5S. The summed E-state index contributed by atoms with van der Waals surface area (Å²) < 4.78 is 16.4. The molecule has 8 nitrogen and oxygen atoms in total. The number of rotatable bonds is 7. The molecule has 1 N–H and O–H groups in total. The molecule has 5 rings (SSSR count). The van der Waals surface area contributed by atoms with Gasteiger partial charge in [-0.25, -0.2) is 4.90 Å². The first-order chi connectivity index (χ1) is 17.6. The van der Waals surface area contributed by atoms with Crippen LogP contribution in [0.25, 0.3) is 0 Å². The number of aliphatic imine (C=N–C) groups is 1. The summed E-state index contributed by atoms with van der Waals surface area (Å²) in [6, 6.07) is 22.2. The standard InChI is InChI=1S/C27H25N3O5S/c1-2-33-21-11-9-19(10-12-21)29-27(28-16-18-8-13-22-23(14-18)35-17-34-22)36-24-15-25(31)30(26(24)32)20-6-4-3-5-7-20/h3-14,24H,2,15-17H2,1H3,(H,28,29)/t24-/m0/s1. The average molecular weight is 504 g/mol. The van der Waals surface area contributed by atoms with Crippen molar-refractivity contribution in [3.05, 3.63) is 78.4 Å².